The molecule has 1 fully saturated rings. The van der Waals surface area contributed by atoms with Crippen LogP contribution in [0.15, 0.2) is 24.4 Å². The molecular weight excluding hydrogens is 340 g/mol. The molecule has 0 unspecified atom stereocenters. The Bertz CT molecular complexity index is 846. The molecule has 1 aromatic heterocycles. The molecule has 142 valence electrons. The first-order valence-electron chi connectivity index (χ1n) is 9.60. The molecule has 1 amide bonds. The minimum absolute atomic E-state index is 0.147. The summed E-state index contributed by atoms with van der Waals surface area (Å²) in [5, 5.41) is 3.37. The lowest BCUT2D eigenvalue weighted by atomic mass is 10.0. The van der Waals surface area contributed by atoms with Gasteiger partial charge in [0, 0.05) is 43.7 Å². The summed E-state index contributed by atoms with van der Waals surface area (Å²) >= 11 is 0. The molecule has 6 heteroatoms. The Morgan fingerprint density at radius 1 is 1.41 bits per heavy atom. The Balaban J connectivity index is 1.42. The molecule has 4 rings (SSSR count). The molecule has 0 spiro atoms. The summed E-state index contributed by atoms with van der Waals surface area (Å²) in [5.41, 5.74) is 4.25. The number of aromatic nitrogens is 2. The summed E-state index contributed by atoms with van der Waals surface area (Å²) in [4.78, 5) is 24.1. The van der Waals surface area contributed by atoms with Crippen LogP contribution in [0.25, 0.3) is 0 Å². The summed E-state index contributed by atoms with van der Waals surface area (Å²) in [6, 6.07) is 5.92. The second-order valence-corrected chi connectivity index (χ2v) is 7.44. The highest BCUT2D eigenvalue weighted by molar-refractivity contribution is 5.79. The van der Waals surface area contributed by atoms with E-state index in [0.29, 0.717) is 18.9 Å². The number of ether oxygens (including phenoxy) is 1. The predicted octanol–water partition coefficient (Wildman–Crippen LogP) is 2.00. The van der Waals surface area contributed by atoms with Gasteiger partial charge in [-0.2, -0.15) is 0 Å². The molecule has 2 aliphatic heterocycles. The summed E-state index contributed by atoms with van der Waals surface area (Å²) in [6.45, 7) is 5.33. The summed E-state index contributed by atoms with van der Waals surface area (Å²) in [6.07, 6.45) is 4.24. The highest BCUT2D eigenvalue weighted by Crippen LogP contribution is 2.24. The van der Waals surface area contributed by atoms with Crippen molar-refractivity contribution in [3.05, 3.63) is 52.6 Å². The molecule has 6 nitrogen and oxygen atoms in total. The van der Waals surface area contributed by atoms with Crippen LogP contribution >= 0.6 is 0 Å². The van der Waals surface area contributed by atoms with Gasteiger partial charge in [0.2, 0.25) is 5.91 Å². The number of benzene rings is 1. The van der Waals surface area contributed by atoms with Gasteiger partial charge in [-0.15, -0.1) is 0 Å². The maximum absolute atomic E-state index is 12.8. The average molecular weight is 366 g/mol. The van der Waals surface area contributed by atoms with Crippen LogP contribution in [0.5, 0.6) is 5.75 Å². The lowest BCUT2D eigenvalue weighted by Crippen LogP contribution is -2.37. The number of nitrogens with one attached hydrogen (secondary N) is 1. The van der Waals surface area contributed by atoms with E-state index in [2.05, 4.69) is 10.3 Å². The number of carbonyl (C=O) groups excluding carboxylic acids is 1. The van der Waals surface area contributed by atoms with Gasteiger partial charge in [-0.3, -0.25) is 4.79 Å². The molecule has 27 heavy (non-hydrogen) atoms. The number of rotatable bonds is 4. The van der Waals surface area contributed by atoms with E-state index >= 15 is 0 Å². The molecule has 1 atom stereocenters. The lowest BCUT2D eigenvalue weighted by molar-refractivity contribution is -0.131. The molecule has 0 saturated carbocycles. The van der Waals surface area contributed by atoms with Crippen LogP contribution in [0.1, 0.15) is 40.5 Å². The maximum Gasteiger partial charge on any atom is 0.227 e. The van der Waals surface area contributed by atoms with Crippen molar-refractivity contribution in [1.29, 1.82) is 0 Å². The molecule has 0 bridgehead atoms. The normalized spacial score (nSPS) is 19.0. The summed E-state index contributed by atoms with van der Waals surface area (Å²) in [5.74, 6) is 2.37. The van der Waals surface area contributed by atoms with Crippen LogP contribution in [0.3, 0.4) is 0 Å². The zero-order chi connectivity index (χ0) is 18.8. The second-order valence-electron chi connectivity index (χ2n) is 7.44. The van der Waals surface area contributed by atoms with Gasteiger partial charge >= 0.3 is 0 Å². The van der Waals surface area contributed by atoms with Crippen molar-refractivity contribution in [3.63, 3.8) is 0 Å². The average Bonchev–Trinajstić information content (AvgIpc) is 3.22. The van der Waals surface area contributed by atoms with Gasteiger partial charge in [0.05, 0.1) is 19.2 Å². The maximum atomic E-state index is 12.8. The predicted molar refractivity (Wildman–Crippen MR) is 103 cm³/mol. The van der Waals surface area contributed by atoms with E-state index in [1.807, 2.05) is 36.2 Å². The summed E-state index contributed by atoms with van der Waals surface area (Å²) in [7, 11) is 1.66. The number of methoxy groups -OCH3 is 1. The highest BCUT2D eigenvalue weighted by atomic mass is 16.5. The first-order chi connectivity index (χ1) is 13.1. The van der Waals surface area contributed by atoms with Gasteiger partial charge in [-0.05, 0) is 37.1 Å². The second kappa shape index (κ2) is 7.64. The number of aryl methyl sites for hydroxylation is 1. The number of fused-ring (bicyclic) bond motifs is 1. The highest BCUT2D eigenvalue weighted by Gasteiger charge is 2.25. The van der Waals surface area contributed by atoms with E-state index in [9.17, 15) is 4.79 Å². The van der Waals surface area contributed by atoms with E-state index in [4.69, 9.17) is 9.72 Å². The summed E-state index contributed by atoms with van der Waals surface area (Å²) < 4.78 is 5.29. The SMILES string of the molecule is COc1ccc(CC(=O)N2CCc3nc([C@H]4CCNC4)ncc3C2)cc1C. The molecule has 2 aromatic rings. The fourth-order valence-corrected chi connectivity index (χ4v) is 3.95. The molecular formula is C21H26N4O2. The van der Waals surface area contributed by atoms with E-state index < -0.39 is 0 Å². The van der Waals surface area contributed by atoms with Crippen molar-refractivity contribution in [2.75, 3.05) is 26.7 Å². The van der Waals surface area contributed by atoms with Crippen LogP contribution in [0, 0.1) is 6.92 Å². The van der Waals surface area contributed by atoms with Crippen LogP contribution in [0.2, 0.25) is 0 Å². The van der Waals surface area contributed by atoms with E-state index in [-0.39, 0.29) is 5.91 Å². The molecule has 1 N–H and O–H groups in total. The van der Waals surface area contributed by atoms with Gasteiger partial charge in [0.15, 0.2) is 0 Å². The van der Waals surface area contributed by atoms with Crippen molar-refractivity contribution in [1.82, 2.24) is 20.2 Å². The lowest BCUT2D eigenvalue weighted by Gasteiger charge is -2.28. The Morgan fingerprint density at radius 2 is 2.30 bits per heavy atom. The van der Waals surface area contributed by atoms with E-state index in [0.717, 1.165) is 66.4 Å². The Morgan fingerprint density at radius 3 is 3.04 bits per heavy atom. The monoisotopic (exact) mass is 366 g/mol. The number of amides is 1. The number of hydrogen-bond acceptors (Lipinski definition) is 5. The van der Waals surface area contributed by atoms with Crippen molar-refractivity contribution >= 4 is 5.91 Å². The molecule has 2 aliphatic rings. The van der Waals surface area contributed by atoms with Gasteiger partial charge in [-0.25, -0.2) is 9.97 Å². The third-order valence-corrected chi connectivity index (χ3v) is 5.55. The van der Waals surface area contributed by atoms with Gasteiger partial charge in [0.25, 0.3) is 0 Å². The smallest absolute Gasteiger partial charge is 0.227 e. The van der Waals surface area contributed by atoms with Crippen molar-refractivity contribution < 1.29 is 9.53 Å². The fourth-order valence-electron chi connectivity index (χ4n) is 3.95. The Kier molecular flexibility index (Phi) is 5.07. The first-order valence-corrected chi connectivity index (χ1v) is 9.60. The molecule has 1 saturated heterocycles. The van der Waals surface area contributed by atoms with Crippen molar-refractivity contribution in [2.45, 2.75) is 38.6 Å². The standard InChI is InChI=1S/C21H26N4O2/c1-14-9-15(3-4-19(14)27-2)10-20(26)25-8-6-18-17(13-25)12-23-21(24-18)16-5-7-22-11-16/h3-4,9,12,16,22H,5-8,10-11,13H2,1-2H3/t16-/m0/s1. The molecule has 3 heterocycles. The van der Waals surface area contributed by atoms with E-state index in [1.54, 1.807) is 7.11 Å². The number of carbonyl (C=O) groups is 1. The zero-order valence-electron chi connectivity index (χ0n) is 16.0. The first kappa shape index (κ1) is 17.9. The fraction of sp³-hybridized carbons (Fsp3) is 0.476. The van der Waals surface area contributed by atoms with Crippen LogP contribution in [0.4, 0.5) is 0 Å². The topological polar surface area (TPSA) is 67.3 Å². The minimum atomic E-state index is 0.147. The zero-order valence-corrected chi connectivity index (χ0v) is 16.0. The van der Waals surface area contributed by atoms with Crippen LogP contribution in [-0.2, 0) is 24.2 Å². The van der Waals surface area contributed by atoms with E-state index in [1.165, 1.54) is 0 Å². The number of nitrogens with zero attached hydrogens (tertiary/aromatic N) is 3. The van der Waals surface area contributed by atoms with Crippen LogP contribution in [-0.4, -0.2) is 47.5 Å². The van der Waals surface area contributed by atoms with Crippen molar-refractivity contribution in [2.24, 2.45) is 0 Å². The largest absolute Gasteiger partial charge is 0.496 e. The van der Waals surface area contributed by atoms with Gasteiger partial charge < -0.3 is 15.0 Å². The van der Waals surface area contributed by atoms with Crippen LogP contribution < -0.4 is 10.1 Å². The minimum Gasteiger partial charge on any atom is -0.496 e. The van der Waals surface area contributed by atoms with Gasteiger partial charge in [0.1, 0.15) is 11.6 Å². The van der Waals surface area contributed by atoms with Gasteiger partial charge in [-0.1, -0.05) is 12.1 Å². The quantitative estimate of drug-likeness (QED) is 0.896. The Labute approximate surface area is 160 Å². The third-order valence-electron chi connectivity index (χ3n) is 5.55. The number of hydrogen-bond donors (Lipinski definition) is 1. The van der Waals surface area contributed by atoms with Crippen molar-refractivity contribution in [3.8, 4) is 5.75 Å². The molecule has 0 aliphatic carbocycles. The Hall–Kier alpha value is -2.47. The molecule has 1 aromatic carbocycles. The third kappa shape index (κ3) is 3.81. The molecule has 0 radical (unpaired) electrons.